The molecule has 0 bridgehead atoms. The Hall–Kier alpha value is -2.06. The third kappa shape index (κ3) is 4.22. The first-order valence-electron chi connectivity index (χ1n) is 7.51. The summed E-state index contributed by atoms with van der Waals surface area (Å²) in [5, 5.41) is 10.2. The second kappa shape index (κ2) is 6.80. The molecule has 1 unspecified atom stereocenters. The van der Waals surface area contributed by atoms with Crippen LogP contribution in [0.1, 0.15) is 43.6 Å². The van der Waals surface area contributed by atoms with Crippen molar-refractivity contribution in [3.63, 3.8) is 0 Å². The second-order valence-corrected chi connectivity index (χ2v) is 6.45. The van der Waals surface area contributed by atoms with Gasteiger partial charge in [0.25, 0.3) is 0 Å². The predicted octanol–water partition coefficient (Wildman–Crippen LogP) is 4.74. The van der Waals surface area contributed by atoms with Crippen LogP contribution in [0.5, 0.6) is 5.75 Å². The van der Waals surface area contributed by atoms with Crippen LogP contribution in [0.25, 0.3) is 6.08 Å². The van der Waals surface area contributed by atoms with Crippen LogP contribution in [-0.2, 0) is 5.41 Å². The second-order valence-electron chi connectivity index (χ2n) is 6.45. The largest absolute Gasteiger partial charge is 0.497 e. The van der Waals surface area contributed by atoms with Crippen LogP contribution in [0.15, 0.2) is 54.6 Å². The molecule has 0 spiro atoms. The van der Waals surface area contributed by atoms with Gasteiger partial charge in [0.15, 0.2) is 0 Å². The van der Waals surface area contributed by atoms with Gasteiger partial charge in [-0.05, 0) is 34.2 Å². The smallest absolute Gasteiger partial charge is 0.118 e. The average molecular weight is 296 g/mol. The molecule has 0 saturated carbocycles. The van der Waals surface area contributed by atoms with Gasteiger partial charge in [0.1, 0.15) is 5.75 Å². The van der Waals surface area contributed by atoms with E-state index in [0.717, 1.165) is 16.9 Å². The highest BCUT2D eigenvalue weighted by atomic mass is 16.5. The van der Waals surface area contributed by atoms with Crippen LogP contribution < -0.4 is 4.74 Å². The summed E-state index contributed by atoms with van der Waals surface area (Å²) in [6.45, 7) is 6.60. The summed E-state index contributed by atoms with van der Waals surface area (Å²) in [4.78, 5) is 0. The first-order valence-corrected chi connectivity index (χ1v) is 7.51. The van der Waals surface area contributed by atoms with Crippen molar-refractivity contribution in [3.8, 4) is 5.75 Å². The molecule has 22 heavy (non-hydrogen) atoms. The van der Waals surface area contributed by atoms with Gasteiger partial charge in [-0.2, -0.15) is 0 Å². The van der Waals surface area contributed by atoms with Crippen LogP contribution in [0.4, 0.5) is 0 Å². The molecule has 0 aromatic heterocycles. The van der Waals surface area contributed by atoms with Crippen molar-refractivity contribution in [2.75, 3.05) is 7.11 Å². The molecule has 2 nitrogen and oxygen atoms in total. The summed E-state index contributed by atoms with van der Waals surface area (Å²) in [7, 11) is 1.63. The summed E-state index contributed by atoms with van der Waals surface area (Å²) in [5.74, 6) is 0.790. The van der Waals surface area contributed by atoms with Gasteiger partial charge in [0.2, 0.25) is 0 Å². The molecule has 2 aromatic carbocycles. The van der Waals surface area contributed by atoms with E-state index < -0.39 is 6.10 Å². The summed E-state index contributed by atoms with van der Waals surface area (Å²) < 4.78 is 5.12. The van der Waals surface area contributed by atoms with E-state index in [1.807, 2.05) is 30.3 Å². The molecule has 0 radical (unpaired) electrons. The normalized spacial score (nSPS) is 13.3. The Kier molecular flexibility index (Phi) is 5.04. The lowest BCUT2D eigenvalue weighted by Crippen LogP contribution is -2.10. The van der Waals surface area contributed by atoms with E-state index in [1.165, 1.54) is 5.56 Å². The maximum atomic E-state index is 10.2. The van der Waals surface area contributed by atoms with E-state index in [2.05, 4.69) is 45.0 Å². The Morgan fingerprint density at radius 3 is 2.05 bits per heavy atom. The molecule has 0 saturated heterocycles. The number of methoxy groups -OCH3 is 1. The van der Waals surface area contributed by atoms with E-state index in [1.54, 1.807) is 13.2 Å². The highest BCUT2D eigenvalue weighted by Crippen LogP contribution is 2.23. The van der Waals surface area contributed by atoms with Gasteiger partial charge in [-0.3, -0.25) is 0 Å². The quantitative estimate of drug-likeness (QED) is 0.883. The lowest BCUT2D eigenvalue weighted by atomic mass is 9.87. The maximum absolute atomic E-state index is 10.2. The minimum absolute atomic E-state index is 0.158. The van der Waals surface area contributed by atoms with Gasteiger partial charge in [-0.1, -0.05) is 69.3 Å². The summed E-state index contributed by atoms with van der Waals surface area (Å²) in [6.07, 6.45) is 3.13. The zero-order valence-electron chi connectivity index (χ0n) is 13.7. The average Bonchev–Trinajstić information content (AvgIpc) is 2.52. The minimum Gasteiger partial charge on any atom is -0.497 e. The fourth-order valence-electron chi connectivity index (χ4n) is 2.21. The van der Waals surface area contributed by atoms with Crippen molar-refractivity contribution in [1.29, 1.82) is 0 Å². The fourth-order valence-corrected chi connectivity index (χ4v) is 2.21. The van der Waals surface area contributed by atoms with Crippen LogP contribution in [-0.4, -0.2) is 12.2 Å². The molecule has 0 aliphatic carbocycles. The molecule has 1 N–H and O–H groups in total. The zero-order chi connectivity index (χ0) is 16.2. The Bertz CT molecular complexity index is 616. The third-order valence-corrected chi connectivity index (χ3v) is 3.70. The van der Waals surface area contributed by atoms with Crippen molar-refractivity contribution >= 4 is 6.08 Å². The standard InChI is InChI=1S/C20H24O2/c1-20(2,3)17-10-5-15(6-11-17)7-14-19(21)16-8-12-18(22-4)13-9-16/h5-14,19,21H,1-4H3. The van der Waals surface area contributed by atoms with E-state index in [9.17, 15) is 5.11 Å². The molecule has 0 aliphatic rings. The highest BCUT2D eigenvalue weighted by Gasteiger charge is 2.12. The van der Waals surface area contributed by atoms with Crippen molar-refractivity contribution in [2.45, 2.75) is 32.3 Å². The molecule has 0 heterocycles. The number of hydrogen-bond acceptors (Lipinski definition) is 2. The van der Waals surface area contributed by atoms with Crippen LogP contribution in [0.2, 0.25) is 0 Å². The topological polar surface area (TPSA) is 29.5 Å². The van der Waals surface area contributed by atoms with Crippen LogP contribution in [0, 0.1) is 0 Å². The van der Waals surface area contributed by atoms with Crippen molar-refractivity contribution in [3.05, 3.63) is 71.3 Å². The summed E-state index contributed by atoms with van der Waals surface area (Å²) >= 11 is 0. The Morgan fingerprint density at radius 1 is 0.955 bits per heavy atom. The first kappa shape index (κ1) is 16.3. The molecule has 0 amide bonds. The Labute approximate surface area is 133 Å². The van der Waals surface area contributed by atoms with Gasteiger partial charge >= 0.3 is 0 Å². The van der Waals surface area contributed by atoms with Crippen LogP contribution in [0.3, 0.4) is 0 Å². The van der Waals surface area contributed by atoms with E-state index in [4.69, 9.17) is 4.74 Å². The fraction of sp³-hybridized carbons (Fsp3) is 0.300. The minimum atomic E-state index is -0.617. The molecule has 2 rings (SSSR count). The third-order valence-electron chi connectivity index (χ3n) is 3.70. The number of aliphatic hydroxyl groups excluding tert-OH is 1. The molecular weight excluding hydrogens is 272 g/mol. The van der Waals surface area contributed by atoms with Crippen LogP contribution >= 0.6 is 0 Å². The monoisotopic (exact) mass is 296 g/mol. The first-order chi connectivity index (χ1) is 10.4. The van der Waals surface area contributed by atoms with Gasteiger partial charge in [0, 0.05) is 0 Å². The molecular formula is C20H24O2. The molecule has 0 aliphatic heterocycles. The summed E-state index contributed by atoms with van der Waals surface area (Å²) in [6, 6.07) is 15.9. The van der Waals surface area contributed by atoms with E-state index >= 15 is 0 Å². The number of aliphatic hydroxyl groups is 1. The van der Waals surface area contributed by atoms with Crippen molar-refractivity contribution < 1.29 is 9.84 Å². The Morgan fingerprint density at radius 2 is 1.55 bits per heavy atom. The predicted molar refractivity (Wildman–Crippen MR) is 92.1 cm³/mol. The SMILES string of the molecule is COc1ccc(C(O)C=Cc2ccc(C(C)(C)C)cc2)cc1. The van der Waals surface area contributed by atoms with Gasteiger partial charge in [0.05, 0.1) is 13.2 Å². The van der Waals surface area contributed by atoms with E-state index in [-0.39, 0.29) is 5.41 Å². The summed E-state index contributed by atoms with van der Waals surface area (Å²) in [5.41, 5.74) is 3.40. The molecule has 2 heteroatoms. The lowest BCUT2D eigenvalue weighted by molar-refractivity contribution is 0.229. The van der Waals surface area contributed by atoms with Gasteiger partial charge in [-0.25, -0.2) is 0 Å². The number of rotatable bonds is 4. The highest BCUT2D eigenvalue weighted by molar-refractivity contribution is 5.51. The van der Waals surface area contributed by atoms with Crippen molar-refractivity contribution in [1.82, 2.24) is 0 Å². The molecule has 116 valence electrons. The maximum Gasteiger partial charge on any atom is 0.118 e. The molecule has 0 fully saturated rings. The molecule has 1 atom stereocenters. The number of hydrogen-bond donors (Lipinski definition) is 1. The lowest BCUT2D eigenvalue weighted by Gasteiger charge is -2.18. The van der Waals surface area contributed by atoms with Gasteiger partial charge in [-0.15, -0.1) is 0 Å². The Balaban J connectivity index is 2.07. The van der Waals surface area contributed by atoms with Crippen molar-refractivity contribution in [2.24, 2.45) is 0 Å². The molecule has 2 aromatic rings. The van der Waals surface area contributed by atoms with Gasteiger partial charge < -0.3 is 9.84 Å². The number of benzene rings is 2. The van der Waals surface area contributed by atoms with E-state index in [0.29, 0.717) is 0 Å². The zero-order valence-corrected chi connectivity index (χ0v) is 13.7. The number of ether oxygens (including phenoxy) is 1.